The van der Waals surface area contributed by atoms with Gasteiger partial charge in [0.2, 0.25) is 0 Å². The summed E-state index contributed by atoms with van der Waals surface area (Å²) in [6.07, 6.45) is 32.5. The Morgan fingerprint density at radius 3 is 2.28 bits per heavy atom. The Morgan fingerprint density at radius 1 is 0.676 bits per heavy atom. The Balaban J connectivity index is 1.17. The van der Waals surface area contributed by atoms with E-state index in [4.69, 9.17) is 6.58 Å². The number of benzene rings is 6. The highest BCUT2D eigenvalue weighted by Crippen LogP contribution is 2.57. The summed E-state index contributed by atoms with van der Waals surface area (Å²) in [6, 6.07) is 43.5. The molecule has 6 aromatic rings. The Kier molecular flexibility index (Phi) is 9.60. The van der Waals surface area contributed by atoms with Crippen molar-refractivity contribution in [1.82, 2.24) is 0 Å². The van der Waals surface area contributed by atoms with Gasteiger partial charge in [-0.15, -0.1) is 0 Å². The van der Waals surface area contributed by atoms with Gasteiger partial charge in [-0.2, -0.15) is 0 Å². The van der Waals surface area contributed by atoms with Crippen LogP contribution >= 0.6 is 11.8 Å². The molecule has 13 rings (SSSR count). The van der Waals surface area contributed by atoms with Crippen LogP contribution in [0.2, 0.25) is 0 Å². The molecule has 326 valence electrons. The highest BCUT2D eigenvalue weighted by molar-refractivity contribution is 8.02. The van der Waals surface area contributed by atoms with Crippen molar-refractivity contribution in [1.29, 1.82) is 0 Å². The van der Waals surface area contributed by atoms with E-state index in [1.165, 1.54) is 105 Å². The fraction of sp³-hybridized carbons (Fsp3) is 0.125. The van der Waals surface area contributed by atoms with Crippen LogP contribution in [0, 0.1) is 12.3 Å². The van der Waals surface area contributed by atoms with Crippen molar-refractivity contribution >= 4 is 68.7 Å². The van der Waals surface area contributed by atoms with E-state index in [1.807, 2.05) is 11.8 Å². The van der Waals surface area contributed by atoms with Gasteiger partial charge in [0.25, 0.3) is 0 Å². The Hall–Kier alpha value is -7.27. The van der Waals surface area contributed by atoms with E-state index in [2.05, 4.69) is 224 Å². The van der Waals surface area contributed by atoms with Gasteiger partial charge in [0.15, 0.2) is 0 Å². The SMILES string of the molecule is C=C1/C=C\C=C/Sc2c1cc1c3c2N(c2ccc(-c4ccccc4)cc2C)C2=C/C=C(\C=C4\C(=C2)C(C)(C)C2=C4C=CCC2)B3N(c2ccc(C3=CCCC=C3)cc2)c2cc3ccccc3cc2-1. The molecule has 3 heterocycles. The molecule has 4 aliphatic carbocycles. The quantitative estimate of drug-likeness (QED) is 0.163. The van der Waals surface area contributed by atoms with E-state index in [0.29, 0.717) is 0 Å². The van der Waals surface area contributed by atoms with Gasteiger partial charge in [0, 0.05) is 38.6 Å². The number of hydrogen-bond donors (Lipinski definition) is 0. The summed E-state index contributed by atoms with van der Waals surface area (Å²) in [6.45, 7) is 11.8. The van der Waals surface area contributed by atoms with Gasteiger partial charge in [-0.25, -0.2) is 0 Å². The number of fused-ring (bicyclic) bond motifs is 9. The molecule has 6 aromatic carbocycles. The number of allylic oxidation sites excluding steroid dienone is 19. The Labute approximate surface area is 405 Å². The van der Waals surface area contributed by atoms with Gasteiger partial charge in [-0.05, 0) is 176 Å². The van der Waals surface area contributed by atoms with Crippen LogP contribution in [0.25, 0.3) is 44.2 Å². The van der Waals surface area contributed by atoms with Gasteiger partial charge in [-0.3, -0.25) is 0 Å². The topological polar surface area (TPSA) is 6.48 Å². The highest BCUT2D eigenvalue weighted by Gasteiger charge is 2.47. The molecule has 0 saturated heterocycles. The van der Waals surface area contributed by atoms with Crippen molar-refractivity contribution in [3.05, 3.63) is 250 Å². The third-order valence-corrected chi connectivity index (χ3v) is 16.2. The van der Waals surface area contributed by atoms with Gasteiger partial charge in [-0.1, -0.05) is 171 Å². The molecular weight excluding hydrogens is 840 g/mol. The lowest BCUT2D eigenvalue weighted by atomic mass is 9.43. The maximum absolute atomic E-state index is 4.79. The zero-order valence-electron chi connectivity index (χ0n) is 38.9. The number of aryl methyl sites for hydroxylation is 1. The molecule has 0 N–H and O–H groups in total. The highest BCUT2D eigenvalue weighted by atomic mass is 32.2. The van der Waals surface area contributed by atoms with Gasteiger partial charge >= 0.3 is 6.85 Å². The summed E-state index contributed by atoms with van der Waals surface area (Å²) in [5.41, 5.74) is 24.8. The molecule has 2 bridgehead atoms. The van der Waals surface area contributed by atoms with Crippen LogP contribution in [-0.4, -0.2) is 6.85 Å². The maximum atomic E-state index is 4.79. The largest absolute Gasteiger partial charge is 0.376 e. The predicted octanol–water partition coefficient (Wildman–Crippen LogP) is 16.8. The zero-order chi connectivity index (χ0) is 45.7. The van der Waals surface area contributed by atoms with Crippen LogP contribution in [0.3, 0.4) is 0 Å². The van der Waals surface area contributed by atoms with Crippen molar-refractivity contribution in [2.24, 2.45) is 5.41 Å². The van der Waals surface area contributed by atoms with Gasteiger partial charge in [0.1, 0.15) is 0 Å². The normalized spacial score (nSPS) is 20.9. The fourth-order valence-electron chi connectivity index (χ4n) is 11.9. The van der Waals surface area contributed by atoms with Crippen LogP contribution < -0.4 is 15.2 Å². The van der Waals surface area contributed by atoms with Crippen LogP contribution in [0.5, 0.6) is 0 Å². The molecule has 0 fully saturated rings. The van der Waals surface area contributed by atoms with E-state index in [1.54, 1.807) is 5.57 Å². The first-order valence-electron chi connectivity index (χ1n) is 24.2. The fourth-order valence-corrected chi connectivity index (χ4v) is 12.9. The summed E-state index contributed by atoms with van der Waals surface area (Å²) >= 11 is 1.81. The molecule has 2 nitrogen and oxygen atoms in total. The molecule has 0 radical (unpaired) electrons. The zero-order valence-corrected chi connectivity index (χ0v) is 39.7. The predicted molar refractivity (Wildman–Crippen MR) is 293 cm³/mol. The molecule has 0 spiro atoms. The number of hydrogen-bond acceptors (Lipinski definition) is 3. The van der Waals surface area contributed by atoms with Gasteiger partial charge in [0.05, 0.1) is 5.69 Å². The van der Waals surface area contributed by atoms with Gasteiger partial charge < -0.3 is 9.71 Å². The van der Waals surface area contributed by atoms with Crippen LogP contribution in [0.4, 0.5) is 22.7 Å². The molecule has 3 aliphatic heterocycles. The lowest BCUT2D eigenvalue weighted by molar-refractivity contribution is 0.538. The summed E-state index contributed by atoms with van der Waals surface area (Å²) in [5.74, 6) is 0. The Bertz CT molecular complexity index is 3530. The minimum Gasteiger partial charge on any atom is -0.376 e. The van der Waals surface area contributed by atoms with E-state index < -0.39 is 0 Å². The van der Waals surface area contributed by atoms with Crippen molar-refractivity contribution in [2.45, 2.75) is 51.3 Å². The first-order chi connectivity index (χ1) is 33.3. The number of nitrogens with zero attached hydrogens (tertiary/aromatic N) is 2. The maximum Gasteiger partial charge on any atom is 0.331 e. The van der Waals surface area contributed by atoms with E-state index in [0.717, 1.165) is 42.5 Å². The van der Waals surface area contributed by atoms with Crippen molar-refractivity contribution in [3.63, 3.8) is 0 Å². The number of rotatable bonds is 4. The third-order valence-electron chi connectivity index (χ3n) is 15.3. The van der Waals surface area contributed by atoms with E-state index >= 15 is 0 Å². The molecule has 0 aromatic heterocycles. The lowest BCUT2D eigenvalue weighted by Crippen LogP contribution is -2.53. The molecule has 0 atom stereocenters. The molecule has 68 heavy (non-hydrogen) atoms. The van der Waals surface area contributed by atoms with Crippen LogP contribution in [0.1, 0.15) is 56.2 Å². The minimum absolute atomic E-state index is 0.156. The molecule has 0 amide bonds. The second-order valence-corrected chi connectivity index (χ2v) is 20.5. The third kappa shape index (κ3) is 6.41. The molecular formula is C64H51BN2S. The summed E-state index contributed by atoms with van der Waals surface area (Å²) < 4.78 is 0. The number of thioether (sulfide) groups is 1. The van der Waals surface area contributed by atoms with E-state index in [9.17, 15) is 0 Å². The van der Waals surface area contributed by atoms with Crippen LogP contribution in [0.15, 0.2) is 239 Å². The molecule has 0 unspecified atom stereocenters. The standard InChI is InChI=1S/C64H51BN2S/c1-41-17-15-16-34-68-63-53(41)40-56-55-36-46-22-11-12-23-47(46)37-60(55)67(50-30-26-45(27-31-50)43-18-7-5-8-19-43)65-49-29-32-51(39-58-54(38-49)52-24-13-14-25-57(52)64(58,3)4)66(62(63)61(56)65)59-33-28-48(35-42(59)2)44-20-9-6-10-21-44/h6-7,9-13,15-24,26-40H,1,5,8,14,25H2,2-4H3/b17-15-,32-29?,34-16-,49-29+,49-38?,51-32?,51-39?,54-38+,58-39?. The minimum atomic E-state index is -0.200. The first-order valence-corrected chi connectivity index (χ1v) is 25.1. The summed E-state index contributed by atoms with van der Waals surface area (Å²) in [4.78, 5) is 6.52. The Morgan fingerprint density at radius 2 is 1.47 bits per heavy atom. The lowest BCUT2D eigenvalue weighted by Gasteiger charge is -2.44. The van der Waals surface area contributed by atoms with Crippen molar-refractivity contribution in [3.8, 4) is 22.3 Å². The second-order valence-electron chi connectivity index (χ2n) is 19.6. The van der Waals surface area contributed by atoms with Crippen LogP contribution in [-0.2, 0) is 0 Å². The second kappa shape index (κ2) is 15.9. The molecule has 4 heteroatoms. The summed E-state index contributed by atoms with van der Waals surface area (Å²) in [7, 11) is 0. The molecule has 0 saturated carbocycles. The monoisotopic (exact) mass is 890 g/mol. The molecule has 7 aliphatic rings. The van der Waals surface area contributed by atoms with Crippen molar-refractivity contribution in [2.75, 3.05) is 9.71 Å². The first kappa shape index (κ1) is 41.0. The smallest absolute Gasteiger partial charge is 0.331 e. The average molecular weight is 891 g/mol. The van der Waals surface area contributed by atoms with Crippen molar-refractivity contribution < 1.29 is 0 Å². The number of anilines is 4. The summed E-state index contributed by atoms with van der Waals surface area (Å²) in [5, 5.41) is 4.71. The average Bonchev–Trinajstić information content (AvgIpc) is 3.56. The van der Waals surface area contributed by atoms with E-state index in [-0.39, 0.29) is 12.3 Å².